The number of hydrogen-bond donors (Lipinski definition) is 0. The van der Waals surface area contributed by atoms with Crippen LogP contribution in [-0.4, -0.2) is 31.8 Å². The summed E-state index contributed by atoms with van der Waals surface area (Å²) in [7, 11) is 2.58. The summed E-state index contributed by atoms with van der Waals surface area (Å²) < 4.78 is 16.1. The zero-order valence-electron chi connectivity index (χ0n) is 13.2. The van der Waals surface area contributed by atoms with Crippen molar-refractivity contribution < 1.29 is 23.8 Å². The zero-order valence-corrected chi connectivity index (χ0v) is 13.2. The van der Waals surface area contributed by atoms with E-state index in [4.69, 9.17) is 14.2 Å². The van der Waals surface area contributed by atoms with E-state index in [0.717, 1.165) is 11.1 Å². The molecular formula is C17H20O5. The molecule has 118 valence electrons. The van der Waals surface area contributed by atoms with Crippen LogP contribution in [0, 0.1) is 5.41 Å². The van der Waals surface area contributed by atoms with Gasteiger partial charge in [0.15, 0.2) is 5.41 Å². The molecule has 3 rings (SSSR count). The van der Waals surface area contributed by atoms with Crippen LogP contribution in [0.5, 0.6) is 0 Å². The van der Waals surface area contributed by atoms with E-state index in [2.05, 4.69) is 0 Å². The van der Waals surface area contributed by atoms with Crippen LogP contribution in [0.4, 0.5) is 0 Å². The molecule has 0 aliphatic carbocycles. The van der Waals surface area contributed by atoms with Gasteiger partial charge in [0.05, 0.1) is 25.9 Å². The minimum atomic E-state index is -1.44. The van der Waals surface area contributed by atoms with Crippen LogP contribution in [0.3, 0.4) is 0 Å². The van der Waals surface area contributed by atoms with Crippen molar-refractivity contribution in [2.24, 2.45) is 5.41 Å². The van der Waals surface area contributed by atoms with Crippen LogP contribution >= 0.6 is 0 Å². The molecule has 2 aliphatic heterocycles. The summed E-state index contributed by atoms with van der Waals surface area (Å²) in [4.78, 5) is 25.2. The lowest BCUT2D eigenvalue weighted by Gasteiger charge is -2.43. The molecule has 3 atom stereocenters. The molecule has 0 aromatic heterocycles. The highest BCUT2D eigenvalue weighted by atomic mass is 16.6. The van der Waals surface area contributed by atoms with E-state index in [1.807, 2.05) is 31.2 Å². The average molecular weight is 304 g/mol. The van der Waals surface area contributed by atoms with Crippen molar-refractivity contribution in [3.63, 3.8) is 0 Å². The van der Waals surface area contributed by atoms with Gasteiger partial charge in [-0.2, -0.15) is 0 Å². The summed E-state index contributed by atoms with van der Waals surface area (Å²) in [6.07, 6.45) is -0.0694. The molecule has 2 heterocycles. The maximum Gasteiger partial charge on any atom is 0.326 e. The van der Waals surface area contributed by atoms with Gasteiger partial charge in [-0.1, -0.05) is 31.2 Å². The van der Waals surface area contributed by atoms with E-state index < -0.39 is 23.0 Å². The van der Waals surface area contributed by atoms with Crippen molar-refractivity contribution in [1.29, 1.82) is 0 Å². The van der Waals surface area contributed by atoms with Gasteiger partial charge in [0.25, 0.3) is 0 Å². The van der Waals surface area contributed by atoms with Gasteiger partial charge in [-0.05, 0) is 18.1 Å². The second kappa shape index (κ2) is 4.81. The Hall–Kier alpha value is -1.88. The second-order valence-electron chi connectivity index (χ2n) is 6.16. The summed E-state index contributed by atoms with van der Waals surface area (Å²) in [6, 6.07) is 7.91. The maximum atomic E-state index is 12.6. The molecule has 0 amide bonds. The van der Waals surface area contributed by atoms with E-state index in [9.17, 15) is 9.59 Å². The van der Waals surface area contributed by atoms with Gasteiger partial charge in [0.2, 0.25) is 0 Å². The molecule has 1 saturated heterocycles. The molecule has 0 radical (unpaired) electrons. The maximum absolute atomic E-state index is 12.6. The molecule has 2 aliphatic rings. The lowest BCUT2D eigenvalue weighted by molar-refractivity contribution is -0.185. The van der Waals surface area contributed by atoms with Crippen LogP contribution in [0.15, 0.2) is 24.3 Å². The van der Waals surface area contributed by atoms with E-state index in [1.54, 1.807) is 6.92 Å². The molecule has 22 heavy (non-hydrogen) atoms. The lowest BCUT2D eigenvalue weighted by Crippen LogP contribution is -2.57. The van der Waals surface area contributed by atoms with Gasteiger partial charge in [-0.15, -0.1) is 0 Å². The fourth-order valence-electron chi connectivity index (χ4n) is 4.06. The Morgan fingerprint density at radius 1 is 1.14 bits per heavy atom. The highest BCUT2D eigenvalue weighted by molar-refractivity contribution is 6.02. The van der Waals surface area contributed by atoms with Crippen LogP contribution in [0.25, 0.3) is 0 Å². The number of carbonyl (C=O) groups excluding carboxylic acids is 2. The monoisotopic (exact) mass is 304 g/mol. The van der Waals surface area contributed by atoms with Gasteiger partial charge in [0, 0.05) is 12.3 Å². The van der Waals surface area contributed by atoms with E-state index in [1.165, 1.54) is 14.2 Å². The Balaban J connectivity index is 2.22. The summed E-state index contributed by atoms with van der Waals surface area (Å²) in [5.41, 5.74) is -0.302. The number of fused-ring (bicyclic) bond motifs is 4. The SMILES string of the molecule is COC(=O)C1(C(=O)OC)C[C@@H]2O[C@@]1(C)[C@H](C)c1ccccc12. The molecule has 1 aromatic carbocycles. The van der Waals surface area contributed by atoms with Crippen LogP contribution in [0.2, 0.25) is 0 Å². The van der Waals surface area contributed by atoms with Crippen molar-refractivity contribution in [2.75, 3.05) is 14.2 Å². The normalized spacial score (nSPS) is 31.3. The molecule has 5 heteroatoms. The highest BCUT2D eigenvalue weighted by Gasteiger charge is 2.71. The quantitative estimate of drug-likeness (QED) is 0.620. The third-order valence-corrected chi connectivity index (χ3v) is 5.43. The first-order valence-electron chi connectivity index (χ1n) is 7.36. The number of methoxy groups -OCH3 is 2. The summed E-state index contributed by atoms with van der Waals surface area (Å²) in [5.74, 6) is -1.33. The number of hydrogen-bond acceptors (Lipinski definition) is 5. The number of esters is 2. The third-order valence-electron chi connectivity index (χ3n) is 5.43. The van der Waals surface area contributed by atoms with Crippen LogP contribution in [0.1, 0.15) is 43.4 Å². The van der Waals surface area contributed by atoms with Crippen molar-refractivity contribution >= 4 is 11.9 Å². The van der Waals surface area contributed by atoms with Gasteiger partial charge < -0.3 is 14.2 Å². The van der Waals surface area contributed by atoms with Gasteiger partial charge in [-0.3, -0.25) is 9.59 Å². The topological polar surface area (TPSA) is 61.8 Å². The first-order valence-corrected chi connectivity index (χ1v) is 7.36. The molecular weight excluding hydrogens is 284 g/mol. The Morgan fingerprint density at radius 3 is 2.23 bits per heavy atom. The smallest absolute Gasteiger partial charge is 0.326 e. The van der Waals surface area contributed by atoms with E-state index in [-0.39, 0.29) is 18.4 Å². The van der Waals surface area contributed by atoms with Crippen molar-refractivity contribution in [3.8, 4) is 0 Å². The minimum absolute atomic E-state index is 0.138. The number of carbonyl (C=O) groups is 2. The first kappa shape index (κ1) is 15.0. The number of rotatable bonds is 2. The Kier molecular flexibility index (Phi) is 3.29. The van der Waals surface area contributed by atoms with Gasteiger partial charge in [0.1, 0.15) is 0 Å². The second-order valence-corrected chi connectivity index (χ2v) is 6.16. The fraction of sp³-hybridized carbons (Fsp3) is 0.529. The Morgan fingerprint density at radius 2 is 1.68 bits per heavy atom. The van der Waals surface area contributed by atoms with Gasteiger partial charge in [-0.25, -0.2) is 0 Å². The lowest BCUT2D eigenvalue weighted by atomic mass is 9.66. The molecule has 0 unspecified atom stereocenters. The van der Waals surface area contributed by atoms with Crippen molar-refractivity contribution in [3.05, 3.63) is 35.4 Å². The predicted molar refractivity (Wildman–Crippen MR) is 78.2 cm³/mol. The van der Waals surface area contributed by atoms with E-state index in [0.29, 0.717) is 0 Å². The van der Waals surface area contributed by atoms with Gasteiger partial charge >= 0.3 is 11.9 Å². The first-order chi connectivity index (χ1) is 10.4. The Bertz CT molecular complexity index is 622. The molecule has 2 bridgehead atoms. The zero-order chi connectivity index (χ0) is 16.1. The Labute approximate surface area is 129 Å². The molecule has 1 aromatic rings. The highest BCUT2D eigenvalue weighted by Crippen LogP contribution is 2.62. The van der Waals surface area contributed by atoms with Crippen LogP contribution in [-0.2, 0) is 23.8 Å². The molecule has 0 N–H and O–H groups in total. The predicted octanol–water partition coefficient (Wildman–Crippen LogP) is 2.36. The summed E-state index contributed by atoms with van der Waals surface area (Å²) in [6.45, 7) is 3.78. The van der Waals surface area contributed by atoms with Crippen molar-refractivity contribution in [2.45, 2.75) is 37.9 Å². The fourth-order valence-corrected chi connectivity index (χ4v) is 4.06. The molecule has 0 spiro atoms. The molecule has 1 fully saturated rings. The minimum Gasteiger partial charge on any atom is -0.468 e. The standard InChI is InChI=1S/C17H20O5/c1-10-11-7-5-6-8-12(11)13-9-17(14(18)20-3,15(19)21-4)16(10,2)22-13/h5-8,10,13H,9H2,1-4H3/t10-,13+,16+/m1/s1. The third kappa shape index (κ3) is 1.57. The molecule has 5 nitrogen and oxygen atoms in total. The number of benzene rings is 1. The molecule has 0 saturated carbocycles. The largest absolute Gasteiger partial charge is 0.468 e. The van der Waals surface area contributed by atoms with Crippen molar-refractivity contribution in [1.82, 2.24) is 0 Å². The van der Waals surface area contributed by atoms with Crippen LogP contribution < -0.4 is 0 Å². The number of ether oxygens (including phenoxy) is 3. The summed E-state index contributed by atoms with van der Waals surface area (Å²) >= 11 is 0. The van der Waals surface area contributed by atoms with E-state index >= 15 is 0 Å². The average Bonchev–Trinajstić information content (AvgIpc) is 2.84. The summed E-state index contributed by atoms with van der Waals surface area (Å²) in [5, 5.41) is 0.